The summed E-state index contributed by atoms with van der Waals surface area (Å²) in [6.07, 6.45) is 4.84. The van der Waals surface area contributed by atoms with Gasteiger partial charge >= 0.3 is 5.69 Å². The first-order chi connectivity index (χ1) is 14.4. The van der Waals surface area contributed by atoms with Gasteiger partial charge in [0.05, 0.1) is 30.8 Å². The Kier molecular flexibility index (Phi) is 5.27. The quantitative estimate of drug-likeness (QED) is 0.505. The molecule has 0 saturated heterocycles. The first-order valence-corrected chi connectivity index (χ1v) is 9.84. The number of aryl methyl sites for hydroxylation is 2. The van der Waals surface area contributed by atoms with Crippen molar-refractivity contribution in [3.8, 4) is 5.13 Å². The highest BCUT2D eigenvalue weighted by Crippen LogP contribution is 2.20. The predicted molar refractivity (Wildman–Crippen MR) is 110 cm³/mol. The Bertz CT molecular complexity index is 1260. The fraction of sp³-hybridized carbons (Fsp3) is 0.211. The molecule has 0 saturated carbocycles. The van der Waals surface area contributed by atoms with E-state index in [9.17, 15) is 14.0 Å². The van der Waals surface area contributed by atoms with Gasteiger partial charge in [-0.2, -0.15) is 5.10 Å². The Morgan fingerprint density at radius 1 is 1.27 bits per heavy atom. The van der Waals surface area contributed by atoms with Crippen LogP contribution in [0.3, 0.4) is 0 Å². The zero-order valence-electron chi connectivity index (χ0n) is 16.2. The largest absolute Gasteiger partial charge is 0.352 e. The number of aromatic nitrogens is 6. The summed E-state index contributed by atoms with van der Waals surface area (Å²) >= 11 is 1.11. The fourth-order valence-corrected chi connectivity index (χ4v) is 3.79. The van der Waals surface area contributed by atoms with Gasteiger partial charge in [-0.25, -0.2) is 28.4 Å². The number of amides is 1. The molecule has 0 radical (unpaired) electrons. The Labute approximate surface area is 175 Å². The van der Waals surface area contributed by atoms with E-state index < -0.39 is 5.69 Å². The first kappa shape index (κ1) is 19.7. The third-order valence-corrected chi connectivity index (χ3v) is 5.52. The van der Waals surface area contributed by atoms with Crippen LogP contribution in [-0.2, 0) is 20.1 Å². The summed E-state index contributed by atoms with van der Waals surface area (Å²) in [5, 5.41) is 7.26. The maximum Gasteiger partial charge on any atom is 0.352 e. The van der Waals surface area contributed by atoms with Crippen LogP contribution in [0.1, 0.15) is 28.0 Å². The van der Waals surface area contributed by atoms with Crippen LogP contribution in [0.25, 0.3) is 5.13 Å². The van der Waals surface area contributed by atoms with Gasteiger partial charge in [0.1, 0.15) is 17.0 Å². The minimum absolute atomic E-state index is 0. The fourth-order valence-electron chi connectivity index (χ4n) is 2.84. The number of hydrogen-bond donors (Lipinski definition) is 1. The minimum atomic E-state index is -0.395. The SMILES string of the molecule is Cc1nc(-n2cnn(Cc3ccc(F)cc3)c2=O)sc1C(=O)NCc1cn(C)cn1.[HH]. The maximum atomic E-state index is 13.1. The highest BCUT2D eigenvalue weighted by molar-refractivity contribution is 7.16. The van der Waals surface area contributed by atoms with E-state index in [2.05, 4.69) is 20.4 Å². The van der Waals surface area contributed by atoms with Crippen LogP contribution in [-0.4, -0.2) is 34.8 Å². The molecule has 4 aromatic rings. The van der Waals surface area contributed by atoms with Crippen LogP contribution >= 0.6 is 11.3 Å². The van der Waals surface area contributed by atoms with E-state index >= 15 is 0 Å². The van der Waals surface area contributed by atoms with Crippen LogP contribution < -0.4 is 11.0 Å². The van der Waals surface area contributed by atoms with Crippen molar-refractivity contribution in [2.45, 2.75) is 20.0 Å². The molecule has 11 heteroatoms. The van der Waals surface area contributed by atoms with E-state index in [0.717, 1.165) is 22.6 Å². The van der Waals surface area contributed by atoms with E-state index in [1.165, 1.54) is 27.7 Å². The van der Waals surface area contributed by atoms with Crippen LogP contribution in [0.4, 0.5) is 4.39 Å². The second-order valence-electron chi connectivity index (χ2n) is 6.69. The summed E-state index contributed by atoms with van der Waals surface area (Å²) in [5.74, 6) is -0.627. The van der Waals surface area contributed by atoms with Gasteiger partial charge in [-0.3, -0.25) is 4.79 Å². The van der Waals surface area contributed by atoms with Gasteiger partial charge in [0, 0.05) is 14.7 Å². The number of benzene rings is 1. The van der Waals surface area contributed by atoms with Gasteiger partial charge in [-0.1, -0.05) is 23.5 Å². The Morgan fingerprint density at radius 2 is 2.03 bits per heavy atom. The summed E-state index contributed by atoms with van der Waals surface area (Å²) in [5.41, 5.74) is 1.61. The van der Waals surface area contributed by atoms with Gasteiger partial charge in [0.25, 0.3) is 5.91 Å². The summed E-state index contributed by atoms with van der Waals surface area (Å²) < 4.78 is 17.4. The number of hydrogen-bond acceptors (Lipinski definition) is 6. The molecule has 1 aromatic carbocycles. The van der Waals surface area contributed by atoms with Crippen molar-refractivity contribution in [1.82, 2.24) is 34.2 Å². The lowest BCUT2D eigenvalue weighted by Gasteiger charge is -2.01. The van der Waals surface area contributed by atoms with Crippen LogP contribution in [0, 0.1) is 12.7 Å². The highest BCUT2D eigenvalue weighted by atomic mass is 32.1. The predicted octanol–water partition coefficient (Wildman–Crippen LogP) is 1.90. The average Bonchev–Trinajstić information content (AvgIpc) is 3.41. The summed E-state index contributed by atoms with van der Waals surface area (Å²) in [6, 6.07) is 5.85. The number of nitrogens with zero attached hydrogens (tertiary/aromatic N) is 6. The standard InChI is InChI=1S/C19H18FN7O2S.H2/c1-12-16(17(28)21-7-15-9-25(2)10-22-15)30-18(24-12)26-11-23-27(19(26)29)8-13-3-5-14(20)6-4-13;/h3-6,9-11H,7-8H2,1-2H3,(H,21,28);1H. The molecule has 0 unspecified atom stereocenters. The molecule has 0 aliphatic heterocycles. The second kappa shape index (κ2) is 8.03. The van der Waals surface area contributed by atoms with Gasteiger partial charge in [0.2, 0.25) is 0 Å². The smallest absolute Gasteiger partial charge is 0.346 e. The van der Waals surface area contributed by atoms with Crippen molar-refractivity contribution in [3.63, 3.8) is 0 Å². The molecule has 30 heavy (non-hydrogen) atoms. The second-order valence-corrected chi connectivity index (χ2v) is 7.67. The molecule has 0 fully saturated rings. The summed E-state index contributed by atoms with van der Waals surface area (Å²) in [6.45, 7) is 2.21. The monoisotopic (exact) mass is 429 g/mol. The van der Waals surface area contributed by atoms with Crippen molar-refractivity contribution < 1.29 is 10.6 Å². The van der Waals surface area contributed by atoms with E-state index in [4.69, 9.17) is 0 Å². The van der Waals surface area contributed by atoms with Crippen LogP contribution in [0.5, 0.6) is 0 Å². The Morgan fingerprint density at radius 3 is 2.73 bits per heavy atom. The summed E-state index contributed by atoms with van der Waals surface area (Å²) in [7, 11) is 1.85. The number of carbonyl (C=O) groups is 1. The lowest BCUT2D eigenvalue weighted by molar-refractivity contribution is 0.0953. The van der Waals surface area contributed by atoms with Crippen LogP contribution in [0.2, 0.25) is 0 Å². The first-order valence-electron chi connectivity index (χ1n) is 9.02. The van der Waals surface area contributed by atoms with Gasteiger partial charge in [-0.15, -0.1) is 0 Å². The average molecular weight is 429 g/mol. The number of rotatable bonds is 6. The molecule has 156 valence electrons. The molecule has 4 rings (SSSR count). The van der Waals surface area contributed by atoms with Gasteiger partial charge in [-0.05, 0) is 24.6 Å². The number of nitrogens with one attached hydrogen (secondary N) is 1. The maximum absolute atomic E-state index is 13.1. The molecule has 9 nitrogen and oxygen atoms in total. The molecule has 1 N–H and O–H groups in total. The Balaban J connectivity index is 0.00000272. The lowest BCUT2D eigenvalue weighted by atomic mass is 10.2. The molecule has 0 aliphatic carbocycles. The zero-order chi connectivity index (χ0) is 21.3. The molecule has 3 heterocycles. The van der Waals surface area contributed by atoms with E-state index in [-0.39, 0.29) is 19.7 Å². The molecule has 1 amide bonds. The topological polar surface area (TPSA) is 99.6 Å². The number of thiazole rings is 1. The molecule has 0 aliphatic rings. The van der Waals surface area contributed by atoms with Crippen LogP contribution in [0.15, 0.2) is 47.9 Å². The lowest BCUT2D eigenvalue weighted by Crippen LogP contribution is -2.24. The third-order valence-electron chi connectivity index (χ3n) is 4.37. The summed E-state index contributed by atoms with van der Waals surface area (Å²) in [4.78, 5) is 34.2. The molecule has 0 bridgehead atoms. The number of halogens is 1. The highest BCUT2D eigenvalue weighted by Gasteiger charge is 2.18. The van der Waals surface area contributed by atoms with E-state index in [0.29, 0.717) is 22.2 Å². The zero-order valence-corrected chi connectivity index (χ0v) is 17.1. The van der Waals surface area contributed by atoms with Crippen molar-refractivity contribution in [2.24, 2.45) is 7.05 Å². The van der Waals surface area contributed by atoms with Crippen molar-refractivity contribution >= 4 is 17.2 Å². The molecular formula is C19H20FN7O2S. The van der Waals surface area contributed by atoms with Crippen molar-refractivity contribution in [2.75, 3.05) is 0 Å². The molecule has 0 atom stereocenters. The van der Waals surface area contributed by atoms with Crippen molar-refractivity contribution in [1.29, 1.82) is 0 Å². The Hall–Kier alpha value is -3.60. The number of imidazole rings is 1. The molecule has 3 aromatic heterocycles. The van der Waals surface area contributed by atoms with E-state index in [1.807, 2.05) is 13.2 Å². The van der Waals surface area contributed by atoms with Crippen molar-refractivity contribution in [3.05, 3.63) is 81.2 Å². The molecule has 0 spiro atoms. The minimum Gasteiger partial charge on any atom is -0.346 e. The van der Waals surface area contributed by atoms with E-state index in [1.54, 1.807) is 30.0 Å². The third kappa shape index (κ3) is 4.06. The van der Waals surface area contributed by atoms with Gasteiger partial charge < -0.3 is 9.88 Å². The number of carbonyl (C=O) groups excluding carboxylic acids is 1. The molecular weight excluding hydrogens is 409 g/mol. The van der Waals surface area contributed by atoms with Gasteiger partial charge in [0.15, 0.2) is 5.13 Å². The normalized spacial score (nSPS) is 11.0.